The third-order valence-electron chi connectivity index (χ3n) is 9.00. The van der Waals surface area contributed by atoms with Gasteiger partial charge in [-0.25, -0.2) is 14.8 Å². The van der Waals surface area contributed by atoms with Crippen LogP contribution in [0.15, 0.2) is 54.7 Å². The summed E-state index contributed by atoms with van der Waals surface area (Å²) < 4.78 is 16.7. The summed E-state index contributed by atoms with van der Waals surface area (Å²) in [6.45, 7) is 18.2. The lowest BCUT2D eigenvalue weighted by Gasteiger charge is -2.30. The molecule has 0 radical (unpaired) electrons. The summed E-state index contributed by atoms with van der Waals surface area (Å²) >= 11 is 0. The Kier molecular flexibility index (Phi) is 15.1. The molecule has 53 heavy (non-hydrogen) atoms. The van der Waals surface area contributed by atoms with E-state index in [1.807, 2.05) is 53.8 Å². The predicted octanol–water partition coefficient (Wildman–Crippen LogP) is 6.34. The predicted molar refractivity (Wildman–Crippen MR) is 215 cm³/mol. The van der Waals surface area contributed by atoms with Gasteiger partial charge in [0, 0.05) is 56.6 Å². The van der Waals surface area contributed by atoms with Crippen LogP contribution in [0.5, 0.6) is 0 Å². The molecule has 11 nitrogen and oxygen atoms in total. The summed E-state index contributed by atoms with van der Waals surface area (Å²) in [6, 6.07) is 17.0. The number of carbonyl (C=O) groups excluding carboxylic acids is 2. The molecule has 1 amide bonds. The van der Waals surface area contributed by atoms with Crippen LogP contribution in [0.2, 0.25) is 0 Å². The van der Waals surface area contributed by atoms with Crippen molar-refractivity contribution in [1.29, 1.82) is 0 Å². The molecule has 2 saturated heterocycles. The molecule has 1 unspecified atom stereocenters. The number of nitrogens with one attached hydrogen (secondary N) is 1. The Morgan fingerprint density at radius 1 is 0.925 bits per heavy atom. The first-order valence-electron chi connectivity index (χ1n) is 18.7. The van der Waals surface area contributed by atoms with Crippen molar-refractivity contribution in [3.63, 3.8) is 0 Å². The zero-order valence-electron chi connectivity index (χ0n) is 32.7. The number of carbonyl (C=O) groups is 2. The van der Waals surface area contributed by atoms with Gasteiger partial charge in [0.15, 0.2) is 0 Å². The largest absolute Gasteiger partial charge is 0.459 e. The fourth-order valence-electron chi connectivity index (χ4n) is 6.68. The summed E-state index contributed by atoms with van der Waals surface area (Å²) in [7, 11) is 2.09. The van der Waals surface area contributed by atoms with Crippen molar-refractivity contribution in [3.8, 4) is 11.3 Å². The van der Waals surface area contributed by atoms with Gasteiger partial charge in [-0.05, 0) is 116 Å². The zero-order valence-corrected chi connectivity index (χ0v) is 33.7. The highest BCUT2D eigenvalue weighted by molar-refractivity contribution is 7.59. The van der Waals surface area contributed by atoms with Crippen molar-refractivity contribution < 1.29 is 23.8 Å². The maximum absolute atomic E-state index is 13.1. The van der Waals surface area contributed by atoms with E-state index < -0.39 is 11.2 Å². The van der Waals surface area contributed by atoms with Gasteiger partial charge in [-0.1, -0.05) is 30.3 Å². The molecule has 2 fully saturated rings. The smallest absolute Gasteiger partial charge is 0.407 e. The number of likely N-dealkylation sites (tertiary alicyclic amines) is 1. The molecular weight excluding hydrogens is 689 g/mol. The van der Waals surface area contributed by atoms with Gasteiger partial charge in [0.25, 0.3) is 0 Å². The first-order valence-corrected chi connectivity index (χ1v) is 18.7. The van der Waals surface area contributed by atoms with E-state index in [0.29, 0.717) is 32.7 Å². The molecule has 3 aromatic rings. The van der Waals surface area contributed by atoms with Crippen molar-refractivity contribution >= 4 is 31.2 Å². The first kappa shape index (κ1) is 42.0. The Bertz CT molecular complexity index is 1630. The number of aromatic nitrogens is 2. The van der Waals surface area contributed by atoms with Gasteiger partial charge in [-0.15, -0.1) is 0 Å². The minimum Gasteiger partial charge on any atom is -0.459 e. The first-order chi connectivity index (χ1) is 24.7. The second-order valence-electron chi connectivity index (χ2n) is 16.0. The number of nitrogens with zero attached hydrogens (tertiary/aromatic N) is 5. The highest BCUT2D eigenvalue weighted by Gasteiger charge is 2.34. The second-order valence-corrected chi connectivity index (χ2v) is 16.0. The molecule has 0 spiro atoms. The Morgan fingerprint density at radius 3 is 2.32 bits per heavy atom. The minimum atomic E-state index is -0.507. The maximum Gasteiger partial charge on any atom is 0.407 e. The highest BCUT2D eigenvalue weighted by Crippen LogP contribution is 2.28. The van der Waals surface area contributed by atoms with E-state index in [4.69, 9.17) is 19.2 Å². The average molecular weight is 749 g/mol. The zero-order chi connectivity index (χ0) is 37.3. The van der Waals surface area contributed by atoms with E-state index in [0.717, 1.165) is 74.6 Å². The van der Waals surface area contributed by atoms with Crippen LogP contribution in [0, 0.1) is 0 Å². The topological polar surface area (TPSA) is 109 Å². The number of hydrogen-bond acceptors (Lipinski definition) is 10. The van der Waals surface area contributed by atoms with E-state index in [-0.39, 0.29) is 31.6 Å². The van der Waals surface area contributed by atoms with Crippen molar-refractivity contribution in [1.82, 2.24) is 25.1 Å². The third kappa shape index (κ3) is 13.6. The van der Waals surface area contributed by atoms with Crippen LogP contribution in [0.25, 0.3) is 11.3 Å². The maximum atomic E-state index is 13.1. The summed E-state index contributed by atoms with van der Waals surface area (Å²) in [6.07, 6.45) is 4.69. The summed E-state index contributed by atoms with van der Waals surface area (Å²) in [5.74, 6) is 0.628. The monoisotopic (exact) mass is 748 g/mol. The Labute approximate surface area is 323 Å². The highest BCUT2D eigenvalue weighted by atomic mass is 32.1. The van der Waals surface area contributed by atoms with E-state index in [1.54, 1.807) is 0 Å². The molecule has 3 heterocycles. The molecule has 0 aliphatic carbocycles. The number of benzene rings is 2. The molecule has 5 rings (SSSR count). The number of hydrogen-bond donors (Lipinski definition) is 1. The lowest BCUT2D eigenvalue weighted by atomic mass is 10.0. The second kappa shape index (κ2) is 19.1. The molecule has 1 aromatic heterocycles. The molecule has 0 saturated carbocycles. The Morgan fingerprint density at radius 2 is 1.62 bits per heavy atom. The quantitative estimate of drug-likeness (QED) is 0.157. The molecule has 2 aromatic carbocycles. The van der Waals surface area contributed by atoms with E-state index in [9.17, 15) is 9.59 Å². The SMILES string of the molecule is CN(CCCNC(=O)OC(C)(C)C)Cc1ccc(-c2ccnc(Cc3cc(CN4CCCC4C(=O)OC(C)(C)C)cc(N4CCOCC4)c3)n2)cc1.S. The molecule has 1 atom stereocenters. The average Bonchev–Trinajstić information content (AvgIpc) is 3.54. The molecule has 1 N–H and O–H groups in total. The minimum absolute atomic E-state index is 0. The normalized spacial score (nSPS) is 16.7. The third-order valence-corrected chi connectivity index (χ3v) is 9.00. The van der Waals surface area contributed by atoms with Crippen LogP contribution in [-0.4, -0.2) is 102 Å². The van der Waals surface area contributed by atoms with Gasteiger partial charge in [0.05, 0.1) is 18.9 Å². The Balaban J connectivity index is 0.00000627. The van der Waals surface area contributed by atoms with E-state index in [1.165, 1.54) is 16.8 Å². The summed E-state index contributed by atoms with van der Waals surface area (Å²) in [5.41, 5.74) is 5.62. The number of ether oxygens (including phenoxy) is 3. The molecule has 2 aliphatic rings. The molecule has 0 bridgehead atoms. The van der Waals surface area contributed by atoms with Crippen LogP contribution in [0.1, 0.15) is 83.3 Å². The number of anilines is 1. The summed E-state index contributed by atoms with van der Waals surface area (Å²) in [4.78, 5) is 41.5. The lowest BCUT2D eigenvalue weighted by Crippen LogP contribution is -2.40. The van der Waals surface area contributed by atoms with Crippen LogP contribution in [-0.2, 0) is 38.5 Å². The van der Waals surface area contributed by atoms with Gasteiger partial charge >= 0.3 is 12.1 Å². The number of alkyl carbamates (subject to hydrolysis) is 1. The van der Waals surface area contributed by atoms with Gasteiger partial charge < -0.3 is 29.3 Å². The number of esters is 1. The van der Waals surface area contributed by atoms with Gasteiger partial charge in [0.1, 0.15) is 23.1 Å². The van der Waals surface area contributed by atoms with Crippen molar-refractivity contribution in [3.05, 3.63) is 77.2 Å². The van der Waals surface area contributed by atoms with Gasteiger partial charge in [-0.3, -0.25) is 9.69 Å². The van der Waals surface area contributed by atoms with E-state index in [2.05, 4.69) is 74.5 Å². The van der Waals surface area contributed by atoms with Gasteiger partial charge in [0.2, 0.25) is 0 Å². The van der Waals surface area contributed by atoms with Crippen LogP contribution in [0.4, 0.5) is 10.5 Å². The van der Waals surface area contributed by atoms with Crippen LogP contribution >= 0.6 is 13.5 Å². The van der Waals surface area contributed by atoms with Gasteiger partial charge in [-0.2, -0.15) is 13.5 Å². The fraction of sp³-hybridized carbons (Fsp3) is 0.561. The molecule has 2 aliphatic heterocycles. The summed E-state index contributed by atoms with van der Waals surface area (Å²) in [5, 5.41) is 2.83. The molecule has 12 heteroatoms. The fourth-order valence-corrected chi connectivity index (χ4v) is 6.68. The van der Waals surface area contributed by atoms with Crippen LogP contribution < -0.4 is 10.2 Å². The number of rotatable bonds is 13. The number of amides is 1. The Hall–Kier alpha value is -3.71. The van der Waals surface area contributed by atoms with Crippen LogP contribution in [0.3, 0.4) is 0 Å². The lowest BCUT2D eigenvalue weighted by molar-refractivity contribution is -0.160. The molecule has 290 valence electrons. The van der Waals surface area contributed by atoms with Crippen molar-refractivity contribution in [2.45, 2.75) is 97.6 Å². The van der Waals surface area contributed by atoms with Crippen molar-refractivity contribution in [2.75, 3.05) is 57.9 Å². The standard InChI is InChI=1S/C41H58N6O5.H2S/c1-40(2,3)51-38(48)36-10-8-19-47(36)29-32-24-31(25-34(26-32)46-20-22-50-23-21-46)27-37-42-17-15-35(44-37)33-13-11-30(12-14-33)28-45(7)18-9-16-43-39(49)52-41(4,5)6;/h11-15,17,24-26,36H,8-10,16,18-23,27-29H2,1-7H3,(H,43,49);1H2. The van der Waals surface area contributed by atoms with E-state index >= 15 is 0 Å². The molecular formula is C41H60N6O5S. The number of morpholine rings is 1. The van der Waals surface area contributed by atoms with Crippen molar-refractivity contribution in [2.24, 2.45) is 0 Å².